The standard InChI is InChI=1S/C16H22N2O/c1-11(12-7-4-8-12)18-16(19)15-9-13-5-2-3-6-14(13)10-17-15/h2-3,5-6,11-12,15,17H,4,7-10H2,1H3,(H,18,19)/t11?,15-/m1/s1. The molecule has 0 aromatic heterocycles. The van der Waals surface area contributed by atoms with Crippen LogP contribution in [-0.2, 0) is 17.8 Å². The summed E-state index contributed by atoms with van der Waals surface area (Å²) in [7, 11) is 0. The Morgan fingerprint density at radius 3 is 2.74 bits per heavy atom. The van der Waals surface area contributed by atoms with E-state index in [1.807, 2.05) is 0 Å². The summed E-state index contributed by atoms with van der Waals surface area (Å²) in [5, 5.41) is 6.52. The van der Waals surface area contributed by atoms with Crippen LogP contribution in [0.4, 0.5) is 0 Å². The van der Waals surface area contributed by atoms with Gasteiger partial charge in [-0.15, -0.1) is 0 Å². The van der Waals surface area contributed by atoms with E-state index in [0.717, 1.165) is 13.0 Å². The van der Waals surface area contributed by atoms with Gasteiger partial charge in [-0.3, -0.25) is 4.79 Å². The molecule has 0 bridgehead atoms. The van der Waals surface area contributed by atoms with Crippen LogP contribution in [0.2, 0.25) is 0 Å². The van der Waals surface area contributed by atoms with Crippen molar-refractivity contribution in [3.63, 3.8) is 0 Å². The fraction of sp³-hybridized carbons (Fsp3) is 0.562. The van der Waals surface area contributed by atoms with Gasteiger partial charge in [-0.1, -0.05) is 30.7 Å². The predicted molar refractivity (Wildman–Crippen MR) is 75.7 cm³/mol. The molecule has 1 heterocycles. The van der Waals surface area contributed by atoms with Gasteiger partial charge in [-0.2, -0.15) is 0 Å². The summed E-state index contributed by atoms with van der Waals surface area (Å²) in [6.07, 6.45) is 4.66. The van der Waals surface area contributed by atoms with Crippen LogP contribution in [0.5, 0.6) is 0 Å². The first-order valence-electron chi connectivity index (χ1n) is 7.34. The molecule has 0 spiro atoms. The Balaban J connectivity index is 1.59. The molecule has 1 aliphatic heterocycles. The number of rotatable bonds is 3. The zero-order valence-electron chi connectivity index (χ0n) is 11.5. The van der Waals surface area contributed by atoms with Crippen molar-refractivity contribution >= 4 is 5.91 Å². The lowest BCUT2D eigenvalue weighted by atomic mass is 9.80. The minimum Gasteiger partial charge on any atom is -0.352 e. The van der Waals surface area contributed by atoms with Crippen molar-refractivity contribution in [2.45, 2.75) is 51.2 Å². The Hall–Kier alpha value is -1.35. The normalized spacial score (nSPS) is 24.2. The Morgan fingerprint density at radius 2 is 2.05 bits per heavy atom. The summed E-state index contributed by atoms with van der Waals surface area (Å²) < 4.78 is 0. The SMILES string of the molecule is CC(NC(=O)[C@H]1Cc2ccccc2CN1)C1CCC1. The maximum absolute atomic E-state index is 12.3. The van der Waals surface area contributed by atoms with Crippen molar-refractivity contribution in [1.29, 1.82) is 0 Å². The van der Waals surface area contributed by atoms with Crippen molar-refractivity contribution in [1.82, 2.24) is 10.6 Å². The van der Waals surface area contributed by atoms with Crippen LogP contribution in [0.1, 0.15) is 37.3 Å². The molecule has 1 aromatic carbocycles. The van der Waals surface area contributed by atoms with E-state index in [-0.39, 0.29) is 11.9 Å². The molecule has 0 saturated heterocycles. The molecule has 2 aliphatic rings. The number of benzene rings is 1. The van der Waals surface area contributed by atoms with E-state index in [1.165, 1.54) is 30.4 Å². The molecular weight excluding hydrogens is 236 g/mol. The van der Waals surface area contributed by atoms with Gasteiger partial charge < -0.3 is 10.6 Å². The van der Waals surface area contributed by atoms with Gasteiger partial charge >= 0.3 is 0 Å². The topological polar surface area (TPSA) is 41.1 Å². The lowest BCUT2D eigenvalue weighted by molar-refractivity contribution is -0.124. The molecular formula is C16H22N2O. The van der Waals surface area contributed by atoms with Crippen LogP contribution in [0.15, 0.2) is 24.3 Å². The van der Waals surface area contributed by atoms with Crippen LogP contribution in [0.25, 0.3) is 0 Å². The third-order valence-electron chi connectivity index (χ3n) is 4.62. The summed E-state index contributed by atoms with van der Waals surface area (Å²) in [6.45, 7) is 2.94. The molecule has 1 amide bonds. The summed E-state index contributed by atoms with van der Waals surface area (Å²) in [6, 6.07) is 8.62. The van der Waals surface area contributed by atoms with Crippen LogP contribution in [-0.4, -0.2) is 18.0 Å². The fourth-order valence-corrected chi connectivity index (χ4v) is 3.02. The van der Waals surface area contributed by atoms with Crippen LogP contribution < -0.4 is 10.6 Å². The van der Waals surface area contributed by atoms with E-state index < -0.39 is 0 Å². The highest BCUT2D eigenvalue weighted by molar-refractivity contribution is 5.82. The van der Waals surface area contributed by atoms with Gasteiger partial charge in [0.15, 0.2) is 0 Å². The second-order valence-corrected chi connectivity index (χ2v) is 5.89. The van der Waals surface area contributed by atoms with Crippen LogP contribution in [0.3, 0.4) is 0 Å². The number of hydrogen-bond acceptors (Lipinski definition) is 2. The zero-order valence-corrected chi connectivity index (χ0v) is 11.5. The van der Waals surface area contributed by atoms with Crippen LogP contribution >= 0.6 is 0 Å². The number of carbonyl (C=O) groups excluding carboxylic acids is 1. The maximum atomic E-state index is 12.3. The summed E-state index contributed by atoms with van der Waals surface area (Å²) in [4.78, 5) is 12.3. The molecule has 0 radical (unpaired) electrons. The molecule has 2 N–H and O–H groups in total. The summed E-state index contributed by atoms with van der Waals surface area (Å²) in [5.41, 5.74) is 2.62. The first-order chi connectivity index (χ1) is 9.24. The van der Waals surface area contributed by atoms with E-state index in [1.54, 1.807) is 0 Å². The monoisotopic (exact) mass is 258 g/mol. The van der Waals surface area contributed by atoms with Gasteiger partial charge in [0.25, 0.3) is 0 Å². The van der Waals surface area contributed by atoms with Crippen LogP contribution in [0, 0.1) is 5.92 Å². The largest absolute Gasteiger partial charge is 0.352 e. The number of carbonyl (C=O) groups is 1. The number of hydrogen-bond donors (Lipinski definition) is 2. The second kappa shape index (κ2) is 5.33. The molecule has 1 fully saturated rings. The van der Waals surface area contributed by atoms with Crippen molar-refractivity contribution in [2.75, 3.05) is 0 Å². The van der Waals surface area contributed by atoms with Gasteiger partial charge in [-0.25, -0.2) is 0 Å². The van der Waals surface area contributed by atoms with E-state index in [0.29, 0.717) is 12.0 Å². The second-order valence-electron chi connectivity index (χ2n) is 5.89. The first kappa shape index (κ1) is 12.7. The molecule has 1 saturated carbocycles. The summed E-state index contributed by atoms with van der Waals surface area (Å²) in [5.74, 6) is 0.855. The van der Waals surface area contributed by atoms with Gasteiger partial charge in [-0.05, 0) is 43.2 Å². The fourth-order valence-electron chi connectivity index (χ4n) is 3.02. The Kier molecular flexibility index (Phi) is 3.56. The Morgan fingerprint density at radius 1 is 1.32 bits per heavy atom. The molecule has 1 aliphatic carbocycles. The molecule has 19 heavy (non-hydrogen) atoms. The predicted octanol–water partition coefficient (Wildman–Crippen LogP) is 2.01. The molecule has 1 unspecified atom stereocenters. The average Bonchev–Trinajstić information content (AvgIpc) is 2.36. The first-order valence-corrected chi connectivity index (χ1v) is 7.34. The van der Waals surface area contributed by atoms with Crippen molar-refractivity contribution in [2.24, 2.45) is 5.92 Å². The highest BCUT2D eigenvalue weighted by Crippen LogP contribution is 2.29. The highest BCUT2D eigenvalue weighted by atomic mass is 16.2. The molecule has 3 rings (SSSR count). The molecule has 102 valence electrons. The minimum absolute atomic E-state index is 0.0718. The molecule has 2 atom stereocenters. The van der Waals surface area contributed by atoms with Gasteiger partial charge in [0.1, 0.15) is 0 Å². The van der Waals surface area contributed by atoms with E-state index >= 15 is 0 Å². The Labute approximate surface area is 114 Å². The van der Waals surface area contributed by atoms with Crippen molar-refractivity contribution in [3.8, 4) is 0 Å². The van der Waals surface area contributed by atoms with E-state index in [4.69, 9.17) is 0 Å². The maximum Gasteiger partial charge on any atom is 0.237 e. The van der Waals surface area contributed by atoms with Crippen molar-refractivity contribution < 1.29 is 4.79 Å². The minimum atomic E-state index is -0.0718. The third kappa shape index (κ3) is 2.66. The quantitative estimate of drug-likeness (QED) is 0.870. The smallest absolute Gasteiger partial charge is 0.237 e. The van der Waals surface area contributed by atoms with Gasteiger partial charge in [0.2, 0.25) is 5.91 Å². The highest BCUT2D eigenvalue weighted by Gasteiger charge is 2.29. The Bertz CT molecular complexity index is 468. The molecule has 3 heteroatoms. The molecule has 1 aromatic rings. The lowest BCUT2D eigenvalue weighted by Gasteiger charge is -2.33. The lowest BCUT2D eigenvalue weighted by Crippen LogP contribution is -2.51. The zero-order chi connectivity index (χ0) is 13.2. The average molecular weight is 258 g/mol. The van der Waals surface area contributed by atoms with Gasteiger partial charge in [0, 0.05) is 12.6 Å². The van der Waals surface area contributed by atoms with E-state index in [9.17, 15) is 4.79 Å². The van der Waals surface area contributed by atoms with Crippen molar-refractivity contribution in [3.05, 3.63) is 35.4 Å². The third-order valence-corrected chi connectivity index (χ3v) is 4.62. The number of nitrogens with one attached hydrogen (secondary N) is 2. The molecule has 3 nitrogen and oxygen atoms in total. The summed E-state index contributed by atoms with van der Waals surface area (Å²) >= 11 is 0. The number of amides is 1. The number of fused-ring (bicyclic) bond motifs is 1. The van der Waals surface area contributed by atoms with E-state index in [2.05, 4.69) is 41.8 Å². The van der Waals surface area contributed by atoms with Gasteiger partial charge in [0.05, 0.1) is 6.04 Å².